The first-order chi connectivity index (χ1) is 17.1. The van der Waals surface area contributed by atoms with Gasteiger partial charge in [-0.25, -0.2) is 4.79 Å². The Morgan fingerprint density at radius 1 is 1.08 bits per heavy atom. The van der Waals surface area contributed by atoms with Crippen molar-refractivity contribution in [2.75, 3.05) is 6.61 Å². The molecule has 0 aromatic heterocycles. The Bertz CT molecular complexity index is 1380. The molecule has 36 heavy (non-hydrogen) atoms. The first-order valence-electron chi connectivity index (χ1n) is 11.8. The number of nitrogens with two attached hydrogens (primary N) is 1. The minimum absolute atomic E-state index is 0.0135. The molecule has 0 fully saturated rings. The molecule has 2 N–H and O–H groups in total. The van der Waals surface area contributed by atoms with Gasteiger partial charge in [-0.2, -0.15) is 5.26 Å². The third kappa shape index (κ3) is 5.06. The molecule has 0 radical (unpaired) electrons. The number of rotatable bonds is 5. The molecule has 0 bridgehead atoms. The van der Waals surface area contributed by atoms with E-state index < -0.39 is 5.97 Å². The number of carbonyl (C=O) groups excluding carboxylic acids is 1. The van der Waals surface area contributed by atoms with Gasteiger partial charge in [-0.1, -0.05) is 63.2 Å². The van der Waals surface area contributed by atoms with E-state index in [9.17, 15) is 10.1 Å². The Kier molecular flexibility index (Phi) is 6.76. The van der Waals surface area contributed by atoms with Gasteiger partial charge in [0.2, 0.25) is 5.88 Å². The maximum Gasteiger partial charge on any atom is 0.349 e. The summed E-state index contributed by atoms with van der Waals surface area (Å²) in [6.07, 6.45) is 0. The van der Waals surface area contributed by atoms with Crippen molar-refractivity contribution in [2.45, 2.75) is 46.0 Å². The SMILES string of the molecule is Cc1cccc(OCC(=O)Oc2ccc3c(c2)OC(N)=C(C#N)C3c2ccc(C(C)(C)C)cc2)c1C. The third-order valence-electron chi connectivity index (χ3n) is 6.43. The highest BCUT2D eigenvalue weighted by Gasteiger charge is 2.31. The third-order valence-corrected chi connectivity index (χ3v) is 6.43. The number of ether oxygens (including phenoxy) is 3. The van der Waals surface area contributed by atoms with Gasteiger partial charge in [0.05, 0.1) is 5.92 Å². The average molecular weight is 483 g/mol. The number of esters is 1. The number of fused-ring (bicyclic) bond motifs is 1. The Morgan fingerprint density at radius 2 is 1.81 bits per heavy atom. The van der Waals surface area contributed by atoms with Crippen molar-refractivity contribution in [3.05, 3.63) is 99.9 Å². The van der Waals surface area contributed by atoms with Crippen molar-refractivity contribution in [1.29, 1.82) is 5.26 Å². The van der Waals surface area contributed by atoms with Gasteiger partial charge in [0.25, 0.3) is 0 Å². The molecular weight excluding hydrogens is 452 g/mol. The fourth-order valence-corrected chi connectivity index (χ4v) is 4.20. The zero-order valence-corrected chi connectivity index (χ0v) is 21.2. The number of aryl methyl sites for hydroxylation is 1. The second-order valence-corrected chi connectivity index (χ2v) is 9.96. The van der Waals surface area contributed by atoms with Crippen LogP contribution in [0.2, 0.25) is 0 Å². The van der Waals surface area contributed by atoms with Gasteiger partial charge in [0.1, 0.15) is 28.9 Å². The summed E-state index contributed by atoms with van der Waals surface area (Å²) in [6.45, 7) is 10.2. The highest BCUT2D eigenvalue weighted by atomic mass is 16.6. The lowest BCUT2D eigenvalue weighted by Gasteiger charge is -2.27. The molecule has 1 heterocycles. The topological polar surface area (TPSA) is 94.6 Å². The zero-order valence-electron chi connectivity index (χ0n) is 21.2. The molecule has 0 amide bonds. The monoisotopic (exact) mass is 482 g/mol. The van der Waals surface area contributed by atoms with Crippen LogP contribution >= 0.6 is 0 Å². The molecular formula is C30H30N2O4. The summed E-state index contributed by atoms with van der Waals surface area (Å²) < 4.78 is 16.9. The van der Waals surface area contributed by atoms with Crippen LogP contribution < -0.4 is 19.9 Å². The lowest BCUT2D eigenvalue weighted by molar-refractivity contribution is -0.136. The summed E-state index contributed by atoms with van der Waals surface area (Å²) in [7, 11) is 0. The number of carbonyl (C=O) groups is 1. The van der Waals surface area contributed by atoms with Gasteiger partial charge in [-0.05, 0) is 53.6 Å². The Labute approximate surface area is 211 Å². The number of benzene rings is 3. The lowest BCUT2D eigenvalue weighted by atomic mass is 9.81. The van der Waals surface area contributed by atoms with E-state index in [1.807, 2.05) is 44.2 Å². The van der Waals surface area contributed by atoms with Crippen molar-refractivity contribution < 1.29 is 19.0 Å². The van der Waals surface area contributed by atoms with Crippen LogP contribution in [0.3, 0.4) is 0 Å². The van der Waals surface area contributed by atoms with Gasteiger partial charge < -0.3 is 19.9 Å². The van der Waals surface area contributed by atoms with E-state index in [0.717, 1.165) is 22.3 Å². The van der Waals surface area contributed by atoms with E-state index in [2.05, 4.69) is 39.0 Å². The summed E-state index contributed by atoms with van der Waals surface area (Å²) in [6, 6.07) is 21.2. The number of nitrogens with zero attached hydrogens (tertiary/aromatic N) is 1. The summed E-state index contributed by atoms with van der Waals surface area (Å²) in [4.78, 5) is 12.4. The molecule has 3 aromatic carbocycles. The predicted octanol–water partition coefficient (Wildman–Crippen LogP) is 5.80. The van der Waals surface area contributed by atoms with Crippen LogP contribution in [-0.2, 0) is 10.2 Å². The van der Waals surface area contributed by atoms with Crippen molar-refractivity contribution in [1.82, 2.24) is 0 Å². The molecule has 6 heteroatoms. The highest BCUT2D eigenvalue weighted by molar-refractivity contribution is 5.74. The van der Waals surface area contributed by atoms with Gasteiger partial charge >= 0.3 is 5.97 Å². The second kappa shape index (κ2) is 9.79. The largest absolute Gasteiger partial charge is 0.482 e. The van der Waals surface area contributed by atoms with Gasteiger partial charge in [0.15, 0.2) is 6.61 Å². The van der Waals surface area contributed by atoms with E-state index in [1.165, 1.54) is 5.56 Å². The fraction of sp³-hybridized carbons (Fsp3) is 0.267. The molecule has 0 saturated heterocycles. The molecule has 4 rings (SSSR count). The summed E-state index contributed by atoms with van der Waals surface area (Å²) in [5, 5.41) is 9.81. The van der Waals surface area contributed by atoms with Crippen LogP contribution in [0.25, 0.3) is 0 Å². The number of hydrogen-bond donors (Lipinski definition) is 1. The van der Waals surface area contributed by atoms with E-state index in [0.29, 0.717) is 22.8 Å². The molecule has 1 unspecified atom stereocenters. The van der Waals surface area contributed by atoms with Gasteiger partial charge in [-0.15, -0.1) is 0 Å². The normalized spacial score (nSPS) is 14.9. The van der Waals surface area contributed by atoms with E-state index in [-0.39, 0.29) is 23.8 Å². The fourth-order valence-electron chi connectivity index (χ4n) is 4.20. The average Bonchev–Trinajstić information content (AvgIpc) is 2.83. The molecule has 184 valence electrons. The molecule has 1 atom stereocenters. The Hall–Kier alpha value is -4.24. The smallest absolute Gasteiger partial charge is 0.349 e. The minimum Gasteiger partial charge on any atom is -0.482 e. The van der Waals surface area contributed by atoms with Crippen molar-refractivity contribution in [3.8, 4) is 23.3 Å². The molecule has 1 aliphatic rings. The quantitative estimate of drug-likeness (QED) is 0.365. The van der Waals surface area contributed by atoms with Crippen LogP contribution in [-0.4, -0.2) is 12.6 Å². The van der Waals surface area contributed by atoms with Crippen LogP contribution in [0.5, 0.6) is 17.2 Å². The molecule has 6 nitrogen and oxygen atoms in total. The first kappa shape index (κ1) is 24.9. The summed E-state index contributed by atoms with van der Waals surface area (Å²) >= 11 is 0. The Balaban J connectivity index is 1.56. The standard InChI is InChI=1S/C30H30N2O4/c1-18-7-6-8-25(19(18)2)34-17-27(33)35-22-13-14-23-26(15-22)36-29(32)24(16-31)28(23)20-9-11-21(12-10-20)30(3,4)5/h6-15,28H,17,32H2,1-5H3. The van der Waals surface area contributed by atoms with Crippen molar-refractivity contribution >= 4 is 5.97 Å². The molecule has 0 aliphatic carbocycles. The summed E-state index contributed by atoms with van der Waals surface area (Å²) in [5.74, 6) is 0.502. The van der Waals surface area contributed by atoms with E-state index >= 15 is 0 Å². The van der Waals surface area contributed by atoms with Gasteiger partial charge in [-0.3, -0.25) is 0 Å². The Morgan fingerprint density at radius 3 is 2.47 bits per heavy atom. The lowest BCUT2D eigenvalue weighted by Crippen LogP contribution is -2.22. The van der Waals surface area contributed by atoms with Gasteiger partial charge in [0, 0.05) is 11.6 Å². The van der Waals surface area contributed by atoms with Crippen molar-refractivity contribution in [3.63, 3.8) is 0 Å². The summed E-state index contributed by atoms with van der Waals surface area (Å²) in [5.41, 5.74) is 11.4. The molecule has 0 spiro atoms. The van der Waals surface area contributed by atoms with Crippen molar-refractivity contribution in [2.24, 2.45) is 5.73 Å². The number of nitriles is 1. The second-order valence-electron chi connectivity index (χ2n) is 9.96. The van der Waals surface area contributed by atoms with E-state index in [1.54, 1.807) is 18.2 Å². The molecule has 0 saturated carbocycles. The van der Waals surface area contributed by atoms with Crippen LogP contribution in [0.1, 0.15) is 54.5 Å². The molecule has 1 aliphatic heterocycles. The first-order valence-corrected chi connectivity index (χ1v) is 11.8. The molecule has 3 aromatic rings. The maximum absolute atomic E-state index is 12.4. The zero-order chi connectivity index (χ0) is 26.0. The number of hydrogen-bond acceptors (Lipinski definition) is 6. The van der Waals surface area contributed by atoms with Crippen LogP contribution in [0, 0.1) is 25.2 Å². The van der Waals surface area contributed by atoms with E-state index in [4.69, 9.17) is 19.9 Å². The van der Waals surface area contributed by atoms with Crippen LogP contribution in [0.4, 0.5) is 0 Å². The number of allylic oxidation sites excluding steroid dienone is 1. The van der Waals surface area contributed by atoms with Crippen LogP contribution in [0.15, 0.2) is 72.1 Å². The predicted molar refractivity (Wildman–Crippen MR) is 138 cm³/mol. The highest BCUT2D eigenvalue weighted by Crippen LogP contribution is 2.43. The minimum atomic E-state index is -0.540. The maximum atomic E-state index is 12.4.